The van der Waals surface area contributed by atoms with E-state index in [-0.39, 0.29) is 109 Å². The number of likely N-dealkylation sites (N-methyl/N-ethyl adjacent to an activating group) is 2. The van der Waals surface area contributed by atoms with Gasteiger partial charge in [0.05, 0.1) is 24.6 Å². The molecular weight excluding hydrogens is 1710 g/mol. The van der Waals surface area contributed by atoms with Crippen LogP contribution in [-0.2, 0) is 107 Å². The minimum absolute atomic E-state index is 0.0117. The van der Waals surface area contributed by atoms with Crippen LogP contribution >= 0.6 is 11.6 Å². The van der Waals surface area contributed by atoms with E-state index in [4.69, 9.17) is 34.5 Å². The minimum Gasteiger partial charge on any atom is -0.481 e. The number of hydrogen-bond donors (Lipinski definition) is 16. The van der Waals surface area contributed by atoms with Gasteiger partial charge in [-0.05, 0) is 137 Å². The van der Waals surface area contributed by atoms with Gasteiger partial charge in [-0.2, -0.15) is 0 Å². The van der Waals surface area contributed by atoms with E-state index in [2.05, 4.69) is 47.5 Å². The lowest BCUT2D eigenvalue weighted by atomic mass is 9.90. The highest BCUT2D eigenvalue weighted by molar-refractivity contribution is 6.30. The number of nitrogens with one attached hydrogen (secondary N) is 9. The van der Waals surface area contributed by atoms with Gasteiger partial charge in [-0.3, -0.25) is 81.5 Å². The summed E-state index contributed by atoms with van der Waals surface area (Å²) in [5, 5.41) is 54.8. The standard InChI is InChI=1S/C91H128ClN19O20/c1-7-9-23-70-84(124)101-64(39-51(3)4)81(121)97-36-17-21-60(95)80(120)102-65(40-52-28-30-56(92)31-29-52)89(129)109-37-16-15-26-71(109)85(125)104-67(45-76(96)114)90(130)110-38-18-27-72(110)86(126)105-68(46-94)83(123)100-63(32-33-77(115)116)88(128)111-49-57(112)44-74(111)75(113)43-53(41-54-47-98-61-22-13-11-19-58(54)61)79(119)99-62(34-35-93)82(122)103-66(87(127)107(6)73(24-10-8-2)91(131)106(70)5)42-55-48-108(50-78(117)118)69-25-14-12-20-59(55)69/h11-14,19-20,22,25,28-31,47-48,51,53,57,60,62-68,70-74,98,112H,7-10,15-18,21,23-24,26-27,32-46,49-50,93-95H2,1-6H3,(H2,96,114)(H,97,121)(H,99,119)(H,100,123)(H,101,124)(H,102,120)(H,103,122)(H,104,125)(H,105,126)(H,115,116)(H,117,118)/t53-,57-,60-,62+,63+,64+,65+,66+,67+,68+,70+,71+,72+,73+,74+/m1/s1. The van der Waals surface area contributed by atoms with Crippen molar-refractivity contribution in [3.05, 3.63) is 107 Å². The summed E-state index contributed by atoms with van der Waals surface area (Å²) in [6.45, 7) is 5.28. The molecule has 131 heavy (non-hydrogen) atoms. The SMILES string of the molecule is CCCC[C@H]1C(=O)N(C)[C@@H](CCCC)C(=O)N[C@@H](CC(C)C)C(=O)NCCC[C@@H](N)C(=O)N[C@@H](Cc2ccc(Cl)cc2)C(=O)N2CCCC[C@H]2C(=O)N[C@@H](CC(N)=O)C(=O)N2CCC[C@H]2C(=O)N[C@@H](CN)C(=O)N[C@@H](CCC(=O)O)C(=O)N2C[C@H](O)C[C@H]2C(=O)C[C@@H](Cc2c[nH]c3ccccc23)C(=O)N[C@@H](CCN)C(=O)N[C@@H](Cc2cn(CC(=O)O)c3ccccc23)C(=O)N1C. The number of nitrogens with zero attached hydrogens (tertiary/aromatic N) is 6. The number of carboxylic acids is 2. The Kier molecular flexibility index (Phi) is 38.3. The zero-order valence-electron chi connectivity index (χ0n) is 75.2. The number of nitrogens with two attached hydrogens (primary N) is 4. The first-order valence-electron chi connectivity index (χ1n) is 45.3. The van der Waals surface area contributed by atoms with Gasteiger partial charge in [0.25, 0.3) is 0 Å². The van der Waals surface area contributed by atoms with Gasteiger partial charge in [0.15, 0.2) is 5.78 Å². The highest BCUT2D eigenvalue weighted by Crippen LogP contribution is 2.31. The molecule has 0 bridgehead atoms. The number of ketones is 1. The van der Waals surface area contributed by atoms with E-state index in [1.54, 1.807) is 79.0 Å². The van der Waals surface area contributed by atoms with Crippen LogP contribution in [0, 0.1) is 11.8 Å². The van der Waals surface area contributed by atoms with Crippen LogP contribution < -0.4 is 65.5 Å². The summed E-state index contributed by atoms with van der Waals surface area (Å²) >= 11 is 6.27. The number of rotatable bonds is 24. The van der Waals surface area contributed by atoms with E-state index in [0.717, 1.165) is 9.80 Å². The fourth-order valence-corrected chi connectivity index (χ4v) is 17.9. The van der Waals surface area contributed by atoms with Crippen molar-refractivity contribution in [3.8, 4) is 0 Å². The van der Waals surface area contributed by atoms with Gasteiger partial charge in [-0.15, -0.1) is 0 Å². The number of aromatic amines is 1. The molecule has 4 aliphatic heterocycles. The summed E-state index contributed by atoms with van der Waals surface area (Å²) < 4.78 is 1.46. The van der Waals surface area contributed by atoms with Gasteiger partial charge >= 0.3 is 11.9 Å². The molecular formula is C91H128ClN19O20. The predicted octanol–water partition coefficient (Wildman–Crippen LogP) is 0.557. The first-order valence-corrected chi connectivity index (χ1v) is 45.6. The number of aliphatic carboxylic acids is 2. The van der Waals surface area contributed by atoms with Crippen LogP contribution in [0.15, 0.2) is 85.2 Å². The third-order valence-electron chi connectivity index (χ3n) is 24.8. The van der Waals surface area contributed by atoms with Crippen molar-refractivity contribution in [3.63, 3.8) is 0 Å². The number of carbonyl (C=O) groups excluding carboxylic acids is 15. The Morgan fingerprint density at radius 1 is 0.534 bits per heavy atom. The first-order chi connectivity index (χ1) is 62.4. The molecule has 0 aliphatic carbocycles. The average molecular weight is 1840 g/mol. The zero-order valence-corrected chi connectivity index (χ0v) is 75.9. The minimum atomic E-state index is -1.80. The highest BCUT2D eigenvalue weighted by Gasteiger charge is 2.47. The number of H-pyrrole nitrogens is 1. The van der Waals surface area contributed by atoms with E-state index >= 15 is 38.4 Å². The molecule has 5 aromatic rings. The number of amides is 14. The van der Waals surface area contributed by atoms with Gasteiger partial charge in [0, 0.05) is 124 Å². The molecule has 0 unspecified atom stereocenters. The van der Waals surface area contributed by atoms with Crippen LogP contribution in [0.1, 0.15) is 173 Å². The number of carbonyl (C=O) groups is 17. The molecule has 14 amide bonds. The molecule has 0 spiro atoms. The largest absolute Gasteiger partial charge is 0.481 e. The number of halogens is 1. The lowest BCUT2D eigenvalue weighted by Crippen LogP contribution is -2.62. The van der Waals surface area contributed by atoms with E-state index in [0.29, 0.717) is 82.0 Å². The molecule has 3 aromatic carbocycles. The van der Waals surface area contributed by atoms with E-state index < -0.39 is 243 Å². The number of benzene rings is 3. The molecule has 9 rings (SSSR count). The molecule has 4 fully saturated rings. The van der Waals surface area contributed by atoms with Crippen molar-refractivity contribution in [2.45, 2.75) is 267 Å². The fourth-order valence-electron chi connectivity index (χ4n) is 17.7. The first kappa shape index (κ1) is 103. The summed E-state index contributed by atoms with van der Waals surface area (Å²) in [7, 11) is 2.79. The second kappa shape index (κ2) is 48.8. The number of aliphatic hydroxyl groups is 1. The summed E-state index contributed by atoms with van der Waals surface area (Å²) in [5.74, 6) is -17.2. The Hall–Kier alpha value is -11.9. The number of piperidine rings is 1. The monoisotopic (exact) mass is 1840 g/mol. The number of hydrogen-bond acceptors (Lipinski definition) is 21. The Bertz CT molecular complexity index is 4930. The lowest BCUT2D eigenvalue weighted by molar-refractivity contribution is -0.149. The Labute approximate surface area is 765 Å². The molecule has 0 radical (unpaired) electrons. The van der Waals surface area contributed by atoms with Crippen LogP contribution in [-0.4, -0.2) is 288 Å². The summed E-state index contributed by atoms with van der Waals surface area (Å²) in [4.78, 5) is 257. The quantitative estimate of drug-likeness (QED) is 0.0401. The second-order valence-electron chi connectivity index (χ2n) is 35.0. The number of aromatic nitrogens is 2. The molecule has 4 aliphatic rings. The van der Waals surface area contributed by atoms with Crippen LogP contribution in [0.3, 0.4) is 0 Å². The molecule has 6 heterocycles. The van der Waals surface area contributed by atoms with Crippen LogP contribution in [0.4, 0.5) is 0 Å². The van der Waals surface area contributed by atoms with Crippen molar-refractivity contribution >= 4 is 134 Å². The van der Waals surface area contributed by atoms with E-state index in [1.165, 1.54) is 39.6 Å². The second-order valence-corrected chi connectivity index (χ2v) is 35.5. The predicted molar refractivity (Wildman–Crippen MR) is 483 cm³/mol. The number of aliphatic hydroxyl groups excluding tert-OH is 1. The molecule has 15 atom stereocenters. The molecule has 2 aromatic heterocycles. The summed E-state index contributed by atoms with van der Waals surface area (Å²) in [6, 6.07) is 1.14. The smallest absolute Gasteiger partial charge is 0.323 e. The molecule has 39 nitrogen and oxygen atoms in total. The van der Waals surface area contributed by atoms with Gasteiger partial charge in [0.2, 0.25) is 82.7 Å². The van der Waals surface area contributed by atoms with Gasteiger partial charge in [-0.1, -0.05) is 114 Å². The van der Waals surface area contributed by atoms with Gasteiger partial charge < -0.3 is 115 Å². The lowest BCUT2D eigenvalue weighted by Gasteiger charge is -2.38. The average Bonchev–Trinajstić information content (AvgIpc) is 1.66. The number of fused-ring (bicyclic) bond motifs is 5. The number of carboxylic acid groups (broad SMARTS) is 2. The summed E-state index contributed by atoms with van der Waals surface area (Å²) in [5.41, 5.74) is 27.3. The molecule has 714 valence electrons. The number of unbranched alkanes of at least 4 members (excludes halogenated alkanes) is 2. The van der Waals surface area contributed by atoms with Crippen molar-refractivity contribution < 1.29 is 96.8 Å². The fraction of sp³-hybridized carbons (Fsp3) is 0.571. The van der Waals surface area contributed by atoms with Crippen LogP contribution in [0.25, 0.3) is 21.8 Å². The van der Waals surface area contributed by atoms with Crippen molar-refractivity contribution in [2.75, 3.05) is 53.4 Å². The number of primary amides is 1. The Morgan fingerprint density at radius 3 is 1.76 bits per heavy atom. The van der Waals surface area contributed by atoms with E-state index in [1.807, 2.05) is 27.7 Å². The van der Waals surface area contributed by atoms with Crippen LogP contribution in [0.5, 0.6) is 0 Å². The van der Waals surface area contributed by atoms with E-state index in [9.17, 15) is 58.5 Å². The van der Waals surface area contributed by atoms with Gasteiger partial charge in [0.1, 0.15) is 73.0 Å². The number of para-hydroxylation sites is 2. The molecule has 4 saturated heterocycles. The molecule has 20 N–H and O–H groups in total. The number of Topliss-reactive ketones (excluding diaryl/α,β-unsaturated/α-hetero) is 1. The zero-order chi connectivity index (χ0) is 95.6. The molecule has 0 saturated carbocycles. The van der Waals surface area contributed by atoms with Crippen molar-refractivity contribution in [2.24, 2.45) is 34.8 Å². The Balaban J connectivity index is 1.09. The van der Waals surface area contributed by atoms with Crippen LogP contribution in [0.2, 0.25) is 5.02 Å². The van der Waals surface area contributed by atoms with Crippen molar-refractivity contribution in [1.82, 2.24) is 76.6 Å². The maximum atomic E-state index is 15.9. The highest BCUT2D eigenvalue weighted by atomic mass is 35.5. The topological polar surface area (TPSA) is 588 Å². The maximum absolute atomic E-state index is 15.9. The summed E-state index contributed by atoms with van der Waals surface area (Å²) in [6.07, 6.45) is 0.675. The third kappa shape index (κ3) is 27.8. The normalized spacial score (nSPS) is 25.8. The van der Waals surface area contributed by atoms with Gasteiger partial charge in [-0.25, -0.2) is 0 Å². The molecule has 40 heteroatoms. The third-order valence-corrected chi connectivity index (χ3v) is 25.0. The Morgan fingerprint density at radius 2 is 1.11 bits per heavy atom. The maximum Gasteiger partial charge on any atom is 0.323 e. The van der Waals surface area contributed by atoms with Crippen molar-refractivity contribution in [1.29, 1.82) is 0 Å².